The normalized spacial score (nSPS) is 16.4. The Morgan fingerprint density at radius 3 is 2.47 bits per heavy atom. The highest BCUT2D eigenvalue weighted by Gasteiger charge is 2.35. The third-order valence-corrected chi connectivity index (χ3v) is 5.27. The molecule has 6 nitrogen and oxygen atoms in total. The Hall–Kier alpha value is -3.41. The number of rotatable bonds is 5. The van der Waals surface area contributed by atoms with Gasteiger partial charge in [0.05, 0.1) is 6.42 Å². The van der Waals surface area contributed by atoms with E-state index in [1.165, 1.54) is 18.2 Å². The van der Waals surface area contributed by atoms with E-state index >= 15 is 0 Å². The number of benzene rings is 2. The molecule has 0 aliphatic carbocycles. The SMILES string of the molecule is C=C(C)[C@@H](CC=C(C)C)c1c(O)cc2c(c1O)C(=O)C[C@@H](c1ccc(O)cc1O)O2. The molecule has 3 rings (SSSR count). The second-order valence-corrected chi connectivity index (χ2v) is 7.92. The van der Waals surface area contributed by atoms with Crippen molar-refractivity contribution in [3.63, 3.8) is 0 Å². The first-order valence-corrected chi connectivity index (χ1v) is 9.69. The van der Waals surface area contributed by atoms with Gasteiger partial charge in [0.15, 0.2) is 5.78 Å². The number of hydrogen-bond acceptors (Lipinski definition) is 6. The van der Waals surface area contributed by atoms with E-state index < -0.39 is 6.10 Å². The summed E-state index contributed by atoms with van der Waals surface area (Å²) in [4.78, 5) is 12.9. The first kappa shape index (κ1) is 21.3. The van der Waals surface area contributed by atoms with Crippen LogP contribution in [0.25, 0.3) is 0 Å². The van der Waals surface area contributed by atoms with Gasteiger partial charge in [-0.15, -0.1) is 0 Å². The Kier molecular flexibility index (Phi) is 5.78. The van der Waals surface area contributed by atoms with Crippen LogP contribution in [0, 0.1) is 0 Å². The Labute approximate surface area is 175 Å². The molecule has 0 unspecified atom stereocenters. The molecule has 4 N–H and O–H groups in total. The molecule has 1 heterocycles. The predicted octanol–water partition coefficient (Wildman–Crippen LogP) is 5.23. The Balaban J connectivity index is 2.05. The molecule has 0 aromatic heterocycles. The van der Waals surface area contributed by atoms with Gasteiger partial charge in [-0.1, -0.05) is 23.8 Å². The monoisotopic (exact) mass is 410 g/mol. The molecule has 0 fully saturated rings. The summed E-state index contributed by atoms with van der Waals surface area (Å²) in [5, 5.41) is 41.2. The summed E-state index contributed by atoms with van der Waals surface area (Å²) < 4.78 is 5.85. The number of ketones is 1. The Bertz CT molecular complexity index is 1050. The minimum atomic E-state index is -0.808. The highest BCUT2D eigenvalue weighted by Crippen LogP contribution is 2.49. The molecule has 30 heavy (non-hydrogen) atoms. The summed E-state index contributed by atoms with van der Waals surface area (Å²) in [5.74, 6) is -1.49. The lowest BCUT2D eigenvalue weighted by molar-refractivity contribution is 0.0841. The zero-order chi connectivity index (χ0) is 22.2. The lowest BCUT2D eigenvalue weighted by Gasteiger charge is -2.29. The fourth-order valence-corrected chi connectivity index (χ4v) is 3.71. The van der Waals surface area contributed by atoms with E-state index in [1.54, 1.807) is 0 Å². The highest BCUT2D eigenvalue weighted by molar-refractivity contribution is 6.03. The van der Waals surface area contributed by atoms with E-state index in [0.29, 0.717) is 12.0 Å². The van der Waals surface area contributed by atoms with Gasteiger partial charge in [0.1, 0.15) is 40.4 Å². The van der Waals surface area contributed by atoms with Gasteiger partial charge >= 0.3 is 0 Å². The third kappa shape index (κ3) is 3.99. The van der Waals surface area contributed by atoms with Crippen molar-refractivity contribution in [3.05, 3.63) is 64.8 Å². The minimum absolute atomic E-state index is 0.0146. The molecule has 158 valence electrons. The molecule has 0 amide bonds. The summed E-state index contributed by atoms with van der Waals surface area (Å²) in [5.41, 5.74) is 2.43. The molecule has 0 bridgehead atoms. The van der Waals surface area contributed by atoms with Crippen molar-refractivity contribution in [2.24, 2.45) is 0 Å². The second-order valence-electron chi connectivity index (χ2n) is 7.92. The maximum Gasteiger partial charge on any atom is 0.174 e. The smallest absolute Gasteiger partial charge is 0.174 e. The number of carbonyl (C=O) groups excluding carboxylic acids is 1. The molecule has 2 aromatic rings. The van der Waals surface area contributed by atoms with Crippen LogP contribution in [0.3, 0.4) is 0 Å². The van der Waals surface area contributed by atoms with Crippen molar-refractivity contribution >= 4 is 5.78 Å². The largest absolute Gasteiger partial charge is 0.508 e. The summed E-state index contributed by atoms with van der Waals surface area (Å²) in [7, 11) is 0. The fourth-order valence-electron chi connectivity index (χ4n) is 3.71. The standard InChI is InChI=1S/C24H26O6/c1-12(2)5-7-15(13(3)4)22-18(27)11-21-23(24(22)29)19(28)10-20(30-21)16-8-6-14(25)9-17(16)26/h5-6,8-9,11,15,20,25-27,29H,3,7,10H2,1-2,4H3/t15-,20+/m1/s1. The van der Waals surface area contributed by atoms with Crippen LogP contribution in [0.5, 0.6) is 28.7 Å². The molecular weight excluding hydrogens is 384 g/mol. The van der Waals surface area contributed by atoms with Crippen molar-refractivity contribution in [2.75, 3.05) is 0 Å². The molecule has 0 saturated heterocycles. The zero-order valence-corrected chi connectivity index (χ0v) is 17.3. The fraction of sp³-hybridized carbons (Fsp3) is 0.292. The first-order chi connectivity index (χ1) is 14.1. The van der Waals surface area contributed by atoms with Gasteiger partial charge in [-0.3, -0.25) is 4.79 Å². The van der Waals surface area contributed by atoms with Crippen LogP contribution in [-0.4, -0.2) is 26.2 Å². The van der Waals surface area contributed by atoms with E-state index in [2.05, 4.69) is 6.58 Å². The van der Waals surface area contributed by atoms with E-state index in [9.17, 15) is 25.2 Å². The van der Waals surface area contributed by atoms with Gasteiger partial charge in [-0.2, -0.15) is 0 Å². The van der Waals surface area contributed by atoms with E-state index in [-0.39, 0.29) is 58.0 Å². The third-order valence-electron chi connectivity index (χ3n) is 5.27. The molecule has 6 heteroatoms. The van der Waals surface area contributed by atoms with E-state index in [4.69, 9.17) is 4.74 Å². The number of phenolic OH excluding ortho intramolecular Hbond substituents is 4. The van der Waals surface area contributed by atoms with Crippen molar-refractivity contribution < 1.29 is 30.0 Å². The number of fused-ring (bicyclic) bond motifs is 1. The number of ether oxygens (including phenoxy) is 1. The van der Waals surface area contributed by atoms with Crippen molar-refractivity contribution in [1.29, 1.82) is 0 Å². The van der Waals surface area contributed by atoms with E-state index in [0.717, 1.165) is 17.2 Å². The van der Waals surface area contributed by atoms with Gasteiger partial charge < -0.3 is 25.2 Å². The molecule has 2 atom stereocenters. The van der Waals surface area contributed by atoms with Gasteiger partial charge in [0, 0.05) is 29.2 Å². The van der Waals surface area contributed by atoms with Gasteiger partial charge in [0.25, 0.3) is 0 Å². The van der Waals surface area contributed by atoms with E-state index in [1.807, 2.05) is 26.8 Å². The lowest BCUT2D eigenvalue weighted by atomic mass is 9.84. The molecule has 0 radical (unpaired) electrons. The van der Waals surface area contributed by atoms with Gasteiger partial charge in [-0.05, 0) is 39.3 Å². The average molecular weight is 410 g/mol. The molecule has 0 saturated carbocycles. The molecule has 0 spiro atoms. The second kappa shape index (κ2) is 8.14. The van der Waals surface area contributed by atoms with Crippen LogP contribution in [0.1, 0.15) is 67.1 Å². The molecular formula is C24H26O6. The summed E-state index contributed by atoms with van der Waals surface area (Å²) in [6.07, 6.45) is 1.60. The van der Waals surface area contributed by atoms with Crippen LogP contribution in [0.2, 0.25) is 0 Å². The van der Waals surface area contributed by atoms with Crippen LogP contribution < -0.4 is 4.74 Å². The average Bonchev–Trinajstić information content (AvgIpc) is 2.62. The maximum atomic E-state index is 12.9. The van der Waals surface area contributed by atoms with Crippen LogP contribution in [-0.2, 0) is 0 Å². The van der Waals surface area contributed by atoms with Gasteiger partial charge in [-0.25, -0.2) is 0 Å². The summed E-state index contributed by atoms with van der Waals surface area (Å²) in [6, 6.07) is 5.34. The zero-order valence-electron chi connectivity index (χ0n) is 17.3. The minimum Gasteiger partial charge on any atom is -0.508 e. The quantitative estimate of drug-likeness (QED) is 0.503. The maximum absolute atomic E-state index is 12.9. The Morgan fingerprint density at radius 1 is 1.17 bits per heavy atom. The topological polar surface area (TPSA) is 107 Å². The van der Waals surface area contributed by atoms with Crippen molar-refractivity contribution in [1.82, 2.24) is 0 Å². The number of aromatic hydroxyl groups is 4. The predicted molar refractivity (Wildman–Crippen MR) is 113 cm³/mol. The van der Waals surface area contributed by atoms with Crippen molar-refractivity contribution in [2.45, 2.75) is 45.6 Å². The van der Waals surface area contributed by atoms with Crippen LogP contribution >= 0.6 is 0 Å². The number of phenols is 4. The van der Waals surface area contributed by atoms with Crippen molar-refractivity contribution in [3.8, 4) is 28.7 Å². The number of hydrogen-bond donors (Lipinski definition) is 4. The van der Waals surface area contributed by atoms with Crippen LogP contribution in [0.15, 0.2) is 48.1 Å². The number of carbonyl (C=O) groups is 1. The highest BCUT2D eigenvalue weighted by atomic mass is 16.5. The lowest BCUT2D eigenvalue weighted by Crippen LogP contribution is -2.21. The summed E-state index contributed by atoms with van der Waals surface area (Å²) in [6.45, 7) is 9.70. The number of Topliss-reactive ketones (excluding diaryl/α,β-unsaturated/α-hetero) is 1. The first-order valence-electron chi connectivity index (χ1n) is 9.69. The molecule has 1 aliphatic rings. The molecule has 2 aromatic carbocycles. The molecule has 1 aliphatic heterocycles. The summed E-state index contributed by atoms with van der Waals surface area (Å²) >= 11 is 0. The van der Waals surface area contributed by atoms with Gasteiger partial charge in [0.2, 0.25) is 0 Å². The Morgan fingerprint density at radius 2 is 1.87 bits per heavy atom. The number of allylic oxidation sites excluding steroid dienone is 3. The van der Waals surface area contributed by atoms with Crippen LogP contribution in [0.4, 0.5) is 0 Å².